The number of pyridine rings is 1. The Hall–Kier alpha value is -3.08. The largest absolute Gasteiger partial charge is 0.485 e. The van der Waals surface area contributed by atoms with Gasteiger partial charge in [-0.3, -0.25) is 4.98 Å². The predicted molar refractivity (Wildman–Crippen MR) is 97.4 cm³/mol. The van der Waals surface area contributed by atoms with Crippen molar-refractivity contribution in [2.24, 2.45) is 0 Å². The van der Waals surface area contributed by atoms with Crippen molar-refractivity contribution < 1.29 is 18.6 Å². The van der Waals surface area contributed by atoms with E-state index in [1.165, 1.54) is 6.20 Å². The molecule has 4 nitrogen and oxygen atoms in total. The summed E-state index contributed by atoms with van der Waals surface area (Å²) in [5.74, 6) is 0.357. The molecule has 0 aliphatic heterocycles. The first-order valence-corrected chi connectivity index (χ1v) is 8.40. The number of hydrogen-bond donors (Lipinski definition) is 0. The number of aromatic nitrogens is 1. The van der Waals surface area contributed by atoms with Crippen LogP contribution in [0, 0.1) is 0 Å². The Morgan fingerprint density at radius 1 is 0.846 bits per heavy atom. The van der Waals surface area contributed by atoms with Crippen LogP contribution in [-0.2, 0) is 0 Å². The minimum Gasteiger partial charge on any atom is -0.485 e. The summed E-state index contributed by atoms with van der Waals surface area (Å²) in [6.07, 6.45) is 3.31. The third-order valence-corrected chi connectivity index (χ3v) is 3.72. The zero-order valence-electron chi connectivity index (χ0n) is 14.5. The highest BCUT2D eigenvalue weighted by Crippen LogP contribution is 2.28. The number of para-hydroxylation sites is 1. The molecule has 1 unspecified atom stereocenters. The molecule has 0 bridgehead atoms. The third-order valence-electron chi connectivity index (χ3n) is 3.72. The molecule has 0 aliphatic rings. The molecule has 1 atom stereocenters. The second-order valence-electron chi connectivity index (χ2n) is 5.70. The van der Waals surface area contributed by atoms with Gasteiger partial charge >= 0.3 is 0 Å². The second-order valence-corrected chi connectivity index (χ2v) is 5.70. The molecule has 0 fully saturated rings. The molecular formula is C21H20FNO3. The van der Waals surface area contributed by atoms with Crippen LogP contribution in [-0.4, -0.2) is 17.4 Å². The van der Waals surface area contributed by atoms with Gasteiger partial charge in [-0.1, -0.05) is 25.1 Å². The average molecular weight is 353 g/mol. The Bertz CT molecular complexity index is 797. The van der Waals surface area contributed by atoms with Crippen LogP contribution in [0.25, 0.3) is 0 Å². The molecule has 134 valence electrons. The minimum atomic E-state index is -1.93. The normalized spacial score (nSPS) is 12.8. The summed E-state index contributed by atoms with van der Waals surface area (Å²) < 4.78 is 31.6. The van der Waals surface area contributed by atoms with Gasteiger partial charge in [-0.05, 0) is 48.5 Å². The number of ether oxygens (including phenoxy) is 3. The van der Waals surface area contributed by atoms with Crippen molar-refractivity contribution in [1.29, 1.82) is 0 Å². The lowest BCUT2D eigenvalue weighted by Crippen LogP contribution is -2.36. The van der Waals surface area contributed by atoms with E-state index in [9.17, 15) is 4.39 Å². The topological polar surface area (TPSA) is 40.6 Å². The van der Waals surface area contributed by atoms with Crippen molar-refractivity contribution in [2.75, 3.05) is 6.61 Å². The van der Waals surface area contributed by atoms with E-state index in [0.717, 1.165) is 5.75 Å². The maximum absolute atomic E-state index is 14.9. The van der Waals surface area contributed by atoms with Crippen molar-refractivity contribution in [2.45, 2.75) is 19.2 Å². The molecule has 0 N–H and O–H groups in total. The predicted octanol–water partition coefficient (Wildman–Crippen LogP) is 5.41. The van der Waals surface area contributed by atoms with E-state index in [0.29, 0.717) is 17.2 Å². The van der Waals surface area contributed by atoms with Gasteiger partial charge in [0, 0.05) is 12.6 Å². The van der Waals surface area contributed by atoms with Crippen LogP contribution >= 0.6 is 0 Å². The molecule has 3 rings (SSSR count). The molecule has 0 radical (unpaired) electrons. The zero-order valence-corrected chi connectivity index (χ0v) is 14.5. The molecule has 1 aromatic heterocycles. The van der Waals surface area contributed by atoms with Crippen molar-refractivity contribution >= 4 is 0 Å². The number of nitrogens with zero attached hydrogens (tertiary/aromatic N) is 1. The van der Waals surface area contributed by atoms with Gasteiger partial charge in [0.15, 0.2) is 6.61 Å². The second kappa shape index (κ2) is 8.34. The molecule has 2 aromatic carbocycles. The molecule has 0 saturated heterocycles. The summed E-state index contributed by atoms with van der Waals surface area (Å²) in [6.45, 7) is 1.48. The molecule has 26 heavy (non-hydrogen) atoms. The van der Waals surface area contributed by atoms with Crippen LogP contribution in [0.5, 0.6) is 23.0 Å². The van der Waals surface area contributed by atoms with Gasteiger partial charge in [0.05, 0.1) is 6.20 Å². The van der Waals surface area contributed by atoms with E-state index < -0.39 is 5.85 Å². The first kappa shape index (κ1) is 17.7. The Labute approximate surface area is 152 Å². The van der Waals surface area contributed by atoms with Gasteiger partial charge in [-0.2, -0.15) is 4.39 Å². The standard InChI is InChI=1S/C21H20FNO3/c1-2-21(22,16-24-20-9-6-14-23-15-20)26-19-12-10-18(11-13-19)25-17-7-4-3-5-8-17/h3-15H,2,16H2,1H3. The SMILES string of the molecule is CCC(F)(COc1cccnc1)Oc1ccc(Oc2ccccc2)cc1. The fraction of sp³-hybridized carbons (Fsp3) is 0.190. The highest BCUT2D eigenvalue weighted by molar-refractivity contribution is 5.35. The van der Waals surface area contributed by atoms with E-state index in [4.69, 9.17) is 14.2 Å². The van der Waals surface area contributed by atoms with E-state index in [-0.39, 0.29) is 13.0 Å². The lowest BCUT2D eigenvalue weighted by molar-refractivity contribution is -0.0954. The molecule has 0 saturated carbocycles. The zero-order chi connectivity index (χ0) is 18.2. The Morgan fingerprint density at radius 3 is 2.15 bits per heavy atom. The van der Waals surface area contributed by atoms with Crippen LogP contribution < -0.4 is 14.2 Å². The summed E-state index contributed by atoms with van der Waals surface area (Å²) in [5, 5.41) is 0. The van der Waals surface area contributed by atoms with Crippen molar-refractivity contribution in [3.8, 4) is 23.0 Å². The van der Waals surface area contributed by atoms with Crippen LogP contribution in [0.3, 0.4) is 0 Å². The number of benzene rings is 2. The quantitative estimate of drug-likeness (QED) is 0.543. The maximum Gasteiger partial charge on any atom is 0.281 e. The summed E-state index contributed by atoms with van der Waals surface area (Å²) in [4.78, 5) is 3.94. The van der Waals surface area contributed by atoms with Crippen LogP contribution in [0.4, 0.5) is 4.39 Å². The number of halogens is 1. The van der Waals surface area contributed by atoms with Crippen molar-refractivity contribution in [1.82, 2.24) is 4.98 Å². The number of alkyl halides is 1. The summed E-state index contributed by atoms with van der Waals surface area (Å²) >= 11 is 0. The van der Waals surface area contributed by atoms with Crippen molar-refractivity contribution in [3.63, 3.8) is 0 Å². The van der Waals surface area contributed by atoms with Gasteiger partial charge in [0.1, 0.15) is 23.0 Å². The highest BCUT2D eigenvalue weighted by atomic mass is 19.2. The number of rotatable bonds is 8. The highest BCUT2D eigenvalue weighted by Gasteiger charge is 2.31. The fourth-order valence-electron chi connectivity index (χ4n) is 2.24. The van der Waals surface area contributed by atoms with E-state index in [1.807, 2.05) is 30.3 Å². The van der Waals surface area contributed by atoms with Crippen LogP contribution in [0.1, 0.15) is 13.3 Å². The summed E-state index contributed by atoms with van der Waals surface area (Å²) in [7, 11) is 0. The maximum atomic E-state index is 14.9. The van der Waals surface area contributed by atoms with Gasteiger partial charge in [-0.15, -0.1) is 0 Å². The van der Waals surface area contributed by atoms with Gasteiger partial charge in [-0.25, -0.2) is 0 Å². The van der Waals surface area contributed by atoms with Crippen molar-refractivity contribution in [3.05, 3.63) is 79.1 Å². The van der Waals surface area contributed by atoms with Gasteiger partial charge in [0.2, 0.25) is 0 Å². The smallest absolute Gasteiger partial charge is 0.281 e. The van der Waals surface area contributed by atoms with E-state index in [1.54, 1.807) is 49.5 Å². The van der Waals surface area contributed by atoms with Gasteiger partial charge < -0.3 is 14.2 Å². The fourth-order valence-corrected chi connectivity index (χ4v) is 2.24. The van der Waals surface area contributed by atoms with E-state index in [2.05, 4.69) is 4.98 Å². The first-order chi connectivity index (χ1) is 12.7. The van der Waals surface area contributed by atoms with Gasteiger partial charge in [0.25, 0.3) is 5.85 Å². The monoisotopic (exact) mass is 353 g/mol. The summed E-state index contributed by atoms with van der Waals surface area (Å²) in [6, 6.07) is 19.7. The lowest BCUT2D eigenvalue weighted by Gasteiger charge is -2.25. The Kier molecular flexibility index (Phi) is 5.69. The molecule has 0 spiro atoms. The summed E-state index contributed by atoms with van der Waals surface area (Å²) in [5.41, 5.74) is 0. The molecule has 0 aliphatic carbocycles. The molecule has 1 heterocycles. The Morgan fingerprint density at radius 2 is 1.50 bits per heavy atom. The number of hydrogen-bond acceptors (Lipinski definition) is 4. The van der Waals surface area contributed by atoms with Crippen LogP contribution in [0.2, 0.25) is 0 Å². The van der Waals surface area contributed by atoms with Crippen LogP contribution in [0.15, 0.2) is 79.1 Å². The average Bonchev–Trinajstić information content (AvgIpc) is 2.70. The molecule has 5 heteroatoms. The van der Waals surface area contributed by atoms with E-state index >= 15 is 0 Å². The first-order valence-electron chi connectivity index (χ1n) is 8.40. The lowest BCUT2D eigenvalue weighted by atomic mass is 10.2. The minimum absolute atomic E-state index is 0.148. The molecule has 3 aromatic rings. The molecule has 0 amide bonds. The third kappa shape index (κ3) is 4.96. The Balaban J connectivity index is 1.60. The molecular weight excluding hydrogens is 333 g/mol.